The van der Waals surface area contributed by atoms with Crippen molar-refractivity contribution < 1.29 is 4.79 Å². The quantitative estimate of drug-likeness (QED) is 0.631. The number of rotatable bonds is 8. The minimum atomic E-state index is -0.0942. The van der Waals surface area contributed by atoms with Crippen LogP contribution in [0.2, 0.25) is 0 Å². The van der Waals surface area contributed by atoms with Crippen LogP contribution in [0.15, 0.2) is 0 Å². The highest BCUT2D eigenvalue weighted by Crippen LogP contribution is 2.12. The van der Waals surface area contributed by atoms with Crippen LogP contribution in [0.4, 0.5) is 17.8 Å². The molecule has 3 N–H and O–H groups in total. The number of nitrogens with one attached hydrogen (secondary N) is 3. The fourth-order valence-electron chi connectivity index (χ4n) is 1.62. The fraction of sp³-hybridized carbons (Fsp3) is 0.667. The van der Waals surface area contributed by atoms with Crippen molar-refractivity contribution in [2.45, 2.75) is 20.8 Å². The number of hydrogen-bond acceptors (Lipinski definition) is 7. The first kappa shape index (κ1) is 15.9. The van der Waals surface area contributed by atoms with E-state index < -0.39 is 0 Å². The molecule has 0 atom stereocenters. The first-order valence-corrected chi connectivity index (χ1v) is 6.83. The van der Waals surface area contributed by atoms with Crippen molar-refractivity contribution in [2.75, 3.05) is 48.8 Å². The SMILES string of the molecule is CCNC(=O)CNc1nc(NC)nc(N(CC)CC)n1. The van der Waals surface area contributed by atoms with Gasteiger partial charge in [0.2, 0.25) is 23.8 Å². The van der Waals surface area contributed by atoms with E-state index in [-0.39, 0.29) is 12.5 Å². The number of amides is 1. The van der Waals surface area contributed by atoms with E-state index in [4.69, 9.17) is 0 Å². The zero-order chi connectivity index (χ0) is 15.0. The number of anilines is 3. The molecule has 0 spiro atoms. The third-order valence-electron chi connectivity index (χ3n) is 2.67. The molecule has 20 heavy (non-hydrogen) atoms. The monoisotopic (exact) mass is 281 g/mol. The molecule has 1 rings (SSSR count). The highest BCUT2D eigenvalue weighted by atomic mass is 16.1. The van der Waals surface area contributed by atoms with Gasteiger partial charge >= 0.3 is 0 Å². The maximum absolute atomic E-state index is 11.4. The van der Waals surface area contributed by atoms with E-state index in [9.17, 15) is 4.79 Å². The van der Waals surface area contributed by atoms with Gasteiger partial charge in [0.25, 0.3) is 0 Å². The Morgan fingerprint density at radius 3 is 2.30 bits per heavy atom. The molecule has 0 radical (unpaired) electrons. The zero-order valence-electron chi connectivity index (χ0n) is 12.5. The minimum Gasteiger partial charge on any atom is -0.357 e. The Morgan fingerprint density at radius 2 is 1.75 bits per heavy atom. The van der Waals surface area contributed by atoms with E-state index in [1.165, 1.54) is 0 Å². The van der Waals surface area contributed by atoms with Crippen molar-refractivity contribution in [1.29, 1.82) is 0 Å². The van der Waals surface area contributed by atoms with E-state index in [1.807, 2.05) is 25.7 Å². The van der Waals surface area contributed by atoms with Crippen molar-refractivity contribution >= 4 is 23.8 Å². The highest BCUT2D eigenvalue weighted by Gasteiger charge is 2.11. The van der Waals surface area contributed by atoms with Crippen LogP contribution in [0.25, 0.3) is 0 Å². The molecule has 8 heteroatoms. The summed E-state index contributed by atoms with van der Waals surface area (Å²) in [6.07, 6.45) is 0. The molecule has 0 bridgehead atoms. The summed E-state index contributed by atoms with van der Waals surface area (Å²) in [4.78, 5) is 26.3. The van der Waals surface area contributed by atoms with Gasteiger partial charge < -0.3 is 20.9 Å². The molecular weight excluding hydrogens is 258 g/mol. The molecule has 0 aromatic carbocycles. The van der Waals surface area contributed by atoms with Gasteiger partial charge in [-0.1, -0.05) is 0 Å². The van der Waals surface area contributed by atoms with Crippen LogP contribution in [0.5, 0.6) is 0 Å². The molecule has 0 saturated carbocycles. The Bertz CT molecular complexity index is 434. The molecule has 0 aliphatic carbocycles. The molecule has 0 unspecified atom stereocenters. The Morgan fingerprint density at radius 1 is 1.10 bits per heavy atom. The molecule has 0 fully saturated rings. The first-order chi connectivity index (χ1) is 9.64. The predicted molar refractivity (Wildman–Crippen MR) is 80.1 cm³/mol. The Kier molecular flexibility index (Phi) is 6.48. The maximum atomic E-state index is 11.4. The van der Waals surface area contributed by atoms with Crippen LogP contribution in [-0.2, 0) is 4.79 Å². The fourth-order valence-corrected chi connectivity index (χ4v) is 1.62. The average molecular weight is 281 g/mol. The van der Waals surface area contributed by atoms with Crippen LogP contribution in [0.1, 0.15) is 20.8 Å². The van der Waals surface area contributed by atoms with Crippen molar-refractivity contribution in [3.63, 3.8) is 0 Å². The molecule has 8 nitrogen and oxygen atoms in total. The molecule has 1 amide bonds. The van der Waals surface area contributed by atoms with Gasteiger partial charge in [0.15, 0.2) is 0 Å². The highest BCUT2D eigenvalue weighted by molar-refractivity contribution is 5.80. The second-order valence-electron chi connectivity index (χ2n) is 4.01. The van der Waals surface area contributed by atoms with Gasteiger partial charge in [0, 0.05) is 26.7 Å². The number of nitrogens with zero attached hydrogens (tertiary/aromatic N) is 4. The molecule has 0 aliphatic rings. The van der Waals surface area contributed by atoms with Gasteiger partial charge in [-0.3, -0.25) is 4.79 Å². The van der Waals surface area contributed by atoms with Crippen molar-refractivity contribution in [2.24, 2.45) is 0 Å². The average Bonchev–Trinajstić information content (AvgIpc) is 2.46. The number of carbonyl (C=O) groups is 1. The van der Waals surface area contributed by atoms with Crippen LogP contribution in [-0.4, -0.2) is 54.1 Å². The van der Waals surface area contributed by atoms with Gasteiger partial charge in [-0.25, -0.2) is 0 Å². The maximum Gasteiger partial charge on any atom is 0.239 e. The summed E-state index contributed by atoms with van der Waals surface area (Å²) in [6, 6.07) is 0. The van der Waals surface area contributed by atoms with Crippen molar-refractivity contribution in [3.05, 3.63) is 0 Å². The molecule has 0 saturated heterocycles. The molecule has 1 heterocycles. The molecular formula is C12H23N7O. The van der Waals surface area contributed by atoms with E-state index >= 15 is 0 Å². The third kappa shape index (κ3) is 4.52. The molecule has 0 aliphatic heterocycles. The van der Waals surface area contributed by atoms with Crippen LogP contribution < -0.4 is 20.9 Å². The lowest BCUT2D eigenvalue weighted by atomic mass is 10.5. The van der Waals surface area contributed by atoms with Crippen LogP contribution in [0, 0.1) is 0 Å². The molecule has 1 aromatic rings. The van der Waals surface area contributed by atoms with Gasteiger partial charge in [-0.05, 0) is 20.8 Å². The number of carbonyl (C=O) groups excluding carboxylic acids is 1. The van der Waals surface area contributed by atoms with Gasteiger partial charge in [-0.15, -0.1) is 0 Å². The zero-order valence-corrected chi connectivity index (χ0v) is 12.5. The normalized spacial score (nSPS) is 10.0. The third-order valence-corrected chi connectivity index (χ3v) is 2.67. The van der Waals surface area contributed by atoms with Crippen LogP contribution in [0.3, 0.4) is 0 Å². The number of hydrogen-bond donors (Lipinski definition) is 3. The van der Waals surface area contributed by atoms with Gasteiger partial charge in [0.1, 0.15) is 0 Å². The van der Waals surface area contributed by atoms with E-state index in [2.05, 4.69) is 30.9 Å². The summed E-state index contributed by atoms with van der Waals surface area (Å²) >= 11 is 0. The summed E-state index contributed by atoms with van der Waals surface area (Å²) in [7, 11) is 1.74. The summed E-state index contributed by atoms with van der Waals surface area (Å²) in [5.74, 6) is 1.36. The van der Waals surface area contributed by atoms with E-state index in [0.29, 0.717) is 24.4 Å². The van der Waals surface area contributed by atoms with Crippen molar-refractivity contribution in [3.8, 4) is 0 Å². The van der Waals surface area contributed by atoms with Crippen molar-refractivity contribution in [1.82, 2.24) is 20.3 Å². The summed E-state index contributed by atoms with van der Waals surface area (Å²) < 4.78 is 0. The smallest absolute Gasteiger partial charge is 0.239 e. The number of aromatic nitrogens is 3. The van der Waals surface area contributed by atoms with Gasteiger partial charge in [0.05, 0.1) is 6.54 Å². The summed E-state index contributed by atoms with van der Waals surface area (Å²) in [5.41, 5.74) is 0. The molecule has 112 valence electrons. The van der Waals surface area contributed by atoms with Gasteiger partial charge in [-0.2, -0.15) is 15.0 Å². The lowest BCUT2D eigenvalue weighted by Crippen LogP contribution is -2.30. The number of likely N-dealkylation sites (N-methyl/N-ethyl adjacent to an activating group) is 1. The Balaban J connectivity index is 2.84. The second kappa shape index (κ2) is 8.13. The second-order valence-corrected chi connectivity index (χ2v) is 4.01. The van der Waals surface area contributed by atoms with Crippen LogP contribution >= 0.6 is 0 Å². The predicted octanol–water partition coefficient (Wildman–Crippen LogP) is 0.308. The molecule has 1 aromatic heterocycles. The summed E-state index contributed by atoms with van der Waals surface area (Å²) in [5, 5.41) is 8.51. The summed E-state index contributed by atoms with van der Waals surface area (Å²) in [6.45, 7) is 8.29. The largest absolute Gasteiger partial charge is 0.357 e. The Labute approximate surface area is 119 Å². The standard InChI is InChI=1S/C12H23N7O/c1-5-14-9(20)8-15-11-16-10(13-4)17-12(18-11)19(6-2)7-3/h5-8H2,1-4H3,(H,14,20)(H2,13,15,16,17,18). The van der Waals surface area contributed by atoms with E-state index in [1.54, 1.807) is 7.05 Å². The lowest BCUT2D eigenvalue weighted by molar-refractivity contribution is -0.119. The van der Waals surface area contributed by atoms with E-state index in [0.717, 1.165) is 13.1 Å². The lowest BCUT2D eigenvalue weighted by Gasteiger charge is -2.19. The Hall–Kier alpha value is -2.12. The topological polar surface area (TPSA) is 95.1 Å². The first-order valence-electron chi connectivity index (χ1n) is 6.83. The minimum absolute atomic E-state index is 0.0942.